The van der Waals surface area contributed by atoms with Gasteiger partial charge in [-0.1, -0.05) is 13.8 Å². The van der Waals surface area contributed by atoms with Crippen LogP contribution in [0.15, 0.2) is 29.5 Å². The SMILES string of the molecule is CC(C)C(CS)Cn1ccn2nccc2c1=O. The molecule has 0 aliphatic heterocycles. The molecule has 0 spiro atoms. The third kappa shape index (κ3) is 2.39. The first kappa shape index (κ1) is 12.2. The van der Waals surface area contributed by atoms with E-state index in [0.29, 0.717) is 23.9 Å². The molecule has 17 heavy (non-hydrogen) atoms. The summed E-state index contributed by atoms with van der Waals surface area (Å²) in [5.41, 5.74) is 0.631. The molecule has 5 heteroatoms. The zero-order valence-corrected chi connectivity index (χ0v) is 11.0. The monoisotopic (exact) mass is 251 g/mol. The van der Waals surface area contributed by atoms with Crippen molar-refractivity contribution in [1.29, 1.82) is 0 Å². The summed E-state index contributed by atoms with van der Waals surface area (Å²) < 4.78 is 3.35. The molecule has 0 saturated heterocycles. The Kier molecular flexibility index (Phi) is 3.57. The lowest BCUT2D eigenvalue weighted by atomic mass is 9.98. The number of hydrogen-bond acceptors (Lipinski definition) is 3. The summed E-state index contributed by atoms with van der Waals surface area (Å²) in [6, 6.07) is 1.74. The Morgan fingerprint density at radius 3 is 2.82 bits per heavy atom. The Hall–Kier alpha value is -1.23. The lowest BCUT2D eigenvalue weighted by Crippen LogP contribution is -2.27. The van der Waals surface area contributed by atoms with Crippen molar-refractivity contribution in [2.24, 2.45) is 11.8 Å². The van der Waals surface area contributed by atoms with Crippen molar-refractivity contribution in [2.75, 3.05) is 5.75 Å². The van der Waals surface area contributed by atoms with E-state index in [1.807, 2.05) is 6.20 Å². The fraction of sp³-hybridized carbons (Fsp3) is 0.500. The maximum absolute atomic E-state index is 12.1. The van der Waals surface area contributed by atoms with E-state index in [4.69, 9.17) is 0 Å². The first-order valence-corrected chi connectivity index (χ1v) is 6.40. The molecule has 0 aromatic carbocycles. The smallest absolute Gasteiger partial charge is 0.276 e. The third-order valence-electron chi connectivity index (χ3n) is 3.15. The maximum atomic E-state index is 12.1. The second-order valence-corrected chi connectivity index (χ2v) is 4.97. The summed E-state index contributed by atoms with van der Waals surface area (Å²) >= 11 is 4.35. The number of fused-ring (bicyclic) bond motifs is 1. The maximum Gasteiger partial charge on any atom is 0.276 e. The highest BCUT2D eigenvalue weighted by molar-refractivity contribution is 7.80. The summed E-state index contributed by atoms with van der Waals surface area (Å²) in [7, 11) is 0. The van der Waals surface area contributed by atoms with E-state index < -0.39 is 0 Å². The highest BCUT2D eigenvalue weighted by Crippen LogP contribution is 2.14. The Balaban J connectivity index is 2.36. The average molecular weight is 251 g/mol. The highest BCUT2D eigenvalue weighted by Gasteiger charge is 2.13. The van der Waals surface area contributed by atoms with Crippen LogP contribution in [0.1, 0.15) is 13.8 Å². The normalized spacial score (nSPS) is 13.4. The van der Waals surface area contributed by atoms with Gasteiger partial charge in [-0.05, 0) is 23.7 Å². The quantitative estimate of drug-likeness (QED) is 0.840. The first-order valence-electron chi connectivity index (χ1n) is 5.77. The lowest BCUT2D eigenvalue weighted by molar-refractivity contribution is 0.367. The van der Waals surface area contributed by atoms with Crippen LogP contribution < -0.4 is 5.56 Å². The molecule has 1 atom stereocenters. The molecule has 2 aromatic heterocycles. The molecule has 92 valence electrons. The molecular formula is C12H17N3OS. The van der Waals surface area contributed by atoms with Gasteiger partial charge in [0.2, 0.25) is 0 Å². The molecule has 2 heterocycles. The van der Waals surface area contributed by atoms with E-state index in [9.17, 15) is 4.79 Å². The van der Waals surface area contributed by atoms with Crippen LogP contribution in [0.25, 0.3) is 5.52 Å². The molecular weight excluding hydrogens is 234 g/mol. The van der Waals surface area contributed by atoms with Crippen molar-refractivity contribution in [3.8, 4) is 0 Å². The van der Waals surface area contributed by atoms with Crippen molar-refractivity contribution in [2.45, 2.75) is 20.4 Å². The fourth-order valence-electron chi connectivity index (χ4n) is 1.84. The van der Waals surface area contributed by atoms with Crippen LogP contribution in [0.5, 0.6) is 0 Å². The average Bonchev–Trinajstić information content (AvgIpc) is 2.76. The molecule has 2 aromatic rings. The summed E-state index contributed by atoms with van der Waals surface area (Å²) in [6.45, 7) is 5.02. The largest absolute Gasteiger partial charge is 0.312 e. The van der Waals surface area contributed by atoms with E-state index in [1.54, 1.807) is 27.5 Å². The van der Waals surface area contributed by atoms with Gasteiger partial charge in [-0.25, -0.2) is 4.52 Å². The van der Waals surface area contributed by atoms with E-state index in [1.165, 1.54) is 0 Å². The van der Waals surface area contributed by atoms with Gasteiger partial charge in [0, 0.05) is 18.9 Å². The van der Waals surface area contributed by atoms with Crippen LogP contribution in [0.4, 0.5) is 0 Å². The van der Waals surface area contributed by atoms with Gasteiger partial charge in [0.15, 0.2) is 0 Å². The zero-order valence-electron chi connectivity index (χ0n) is 10.1. The van der Waals surface area contributed by atoms with Gasteiger partial charge in [0.25, 0.3) is 5.56 Å². The minimum atomic E-state index is 0.0115. The molecule has 0 radical (unpaired) electrons. The molecule has 0 amide bonds. The topological polar surface area (TPSA) is 39.3 Å². The molecule has 2 rings (SSSR count). The summed E-state index contributed by atoms with van der Waals surface area (Å²) in [5, 5.41) is 4.04. The van der Waals surface area contributed by atoms with Gasteiger partial charge in [-0.3, -0.25) is 4.79 Å². The highest BCUT2D eigenvalue weighted by atomic mass is 32.1. The van der Waals surface area contributed by atoms with Crippen LogP contribution in [-0.2, 0) is 6.54 Å². The number of hydrogen-bond donors (Lipinski definition) is 1. The predicted molar refractivity (Wildman–Crippen MR) is 71.6 cm³/mol. The van der Waals surface area contributed by atoms with Crippen molar-refractivity contribution >= 4 is 18.1 Å². The van der Waals surface area contributed by atoms with Gasteiger partial charge >= 0.3 is 0 Å². The number of aromatic nitrogens is 3. The standard InChI is InChI=1S/C12H17N3OS/c1-9(2)10(8-17)7-14-5-6-15-11(12(14)16)3-4-13-15/h3-6,9-10,17H,7-8H2,1-2H3. The van der Waals surface area contributed by atoms with Crippen LogP contribution in [-0.4, -0.2) is 19.9 Å². The lowest BCUT2D eigenvalue weighted by Gasteiger charge is -2.19. The molecule has 0 aliphatic carbocycles. The summed E-state index contributed by atoms with van der Waals surface area (Å²) in [6.07, 6.45) is 5.24. The van der Waals surface area contributed by atoms with Crippen molar-refractivity contribution < 1.29 is 0 Å². The summed E-state index contributed by atoms with van der Waals surface area (Å²) in [4.78, 5) is 12.1. The van der Waals surface area contributed by atoms with E-state index in [2.05, 4.69) is 31.6 Å². The fourth-order valence-corrected chi connectivity index (χ4v) is 2.37. The van der Waals surface area contributed by atoms with Gasteiger partial charge in [0.1, 0.15) is 5.52 Å². The van der Waals surface area contributed by atoms with Gasteiger partial charge in [-0.2, -0.15) is 17.7 Å². The number of nitrogens with zero attached hydrogens (tertiary/aromatic N) is 3. The van der Waals surface area contributed by atoms with Crippen molar-refractivity contribution in [1.82, 2.24) is 14.2 Å². The van der Waals surface area contributed by atoms with Gasteiger partial charge in [0.05, 0.1) is 6.20 Å². The van der Waals surface area contributed by atoms with Crippen LogP contribution in [0.2, 0.25) is 0 Å². The van der Waals surface area contributed by atoms with Gasteiger partial charge < -0.3 is 4.57 Å². The molecule has 1 unspecified atom stereocenters. The second-order valence-electron chi connectivity index (χ2n) is 4.60. The minimum Gasteiger partial charge on any atom is -0.312 e. The predicted octanol–water partition coefficient (Wildman–Crippen LogP) is 1.70. The van der Waals surface area contributed by atoms with Crippen molar-refractivity contribution in [3.63, 3.8) is 0 Å². The van der Waals surface area contributed by atoms with Crippen LogP contribution in [0, 0.1) is 11.8 Å². The first-order chi connectivity index (χ1) is 8.13. The number of rotatable bonds is 4. The van der Waals surface area contributed by atoms with Crippen LogP contribution >= 0.6 is 12.6 Å². The third-order valence-corrected chi connectivity index (χ3v) is 3.62. The minimum absolute atomic E-state index is 0.0115. The molecule has 0 bridgehead atoms. The van der Waals surface area contributed by atoms with Crippen molar-refractivity contribution in [3.05, 3.63) is 35.0 Å². The Labute approximate surface area is 106 Å². The molecule has 0 saturated carbocycles. The molecule has 0 fully saturated rings. The number of thiol groups is 1. The Morgan fingerprint density at radius 2 is 2.18 bits per heavy atom. The summed E-state index contributed by atoms with van der Waals surface area (Å²) in [5.74, 6) is 1.70. The zero-order chi connectivity index (χ0) is 12.4. The van der Waals surface area contributed by atoms with E-state index in [-0.39, 0.29) is 5.56 Å². The molecule has 4 nitrogen and oxygen atoms in total. The van der Waals surface area contributed by atoms with E-state index in [0.717, 1.165) is 5.75 Å². The van der Waals surface area contributed by atoms with Gasteiger partial charge in [-0.15, -0.1) is 0 Å². The second kappa shape index (κ2) is 4.96. The van der Waals surface area contributed by atoms with Crippen LogP contribution in [0.3, 0.4) is 0 Å². The Morgan fingerprint density at radius 1 is 1.41 bits per heavy atom. The van der Waals surface area contributed by atoms with E-state index >= 15 is 0 Å². The molecule has 0 N–H and O–H groups in total. The molecule has 0 aliphatic rings. The Bertz CT molecular complexity index is 558.